The average Bonchev–Trinajstić information content (AvgIpc) is 3.52. The zero-order valence-electron chi connectivity index (χ0n) is 20.3. The van der Waals surface area contributed by atoms with Crippen LogP contribution in [0, 0.1) is 11.8 Å². The van der Waals surface area contributed by atoms with Crippen LogP contribution in [0.15, 0.2) is 36.4 Å². The van der Waals surface area contributed by atoms with Crippen molar-refractivity contribution in [2.75, 3.05) is 27.2 Å². The number of ether oxygens (including phenoxy) is 5. The van der Waals surface area contributed by atoms with E-state index < -0.39 is 54.9 Å². The molecule has 39 heavy (non-hydrogen) atoms. The van der Waals surface area contributed by atoms with Gasteiger partial charge in [-0.2, -0.15) is 26.3 Å². The molecule has 8 nitrogen and oxygen atoms in total. The van der Waals surface area contributed by atoms with Crippen LogP contribution in [0.5, 0.6) is 23.0 Å². The van der Waals surface area contributed by atoms with Gasteiger partial charge in [-0.25, -0.2) is 4.79 Å². The molecule has 0 radical (unpaired) electrons. The van der Waals surface area contributed by atoms with Crippen LogP contribution in [0.4, 0.5) is 31.1 Å². The zero-order valence-corrected chi connectivity index (χ0v) is 20.3. The standard InChI is InChI=1S/C25H23F6NO7/c1-35-23(13-2-4-17-19(9-13)38-11-36-17,14-3-5-18-20(10-14)39-12-37-18)15-6-7-32(22(33)34)16(8-15)21(24(26,27)28)25(29,30)31/h2-5,9-10,15-16,21H,6-8,11-12H2,1H3,(H,33,34). The minimum Gasteiger partial charge on any atom is -0.465 e. The van der Waals surface area contributed by atoms with Gasteiger partial charge >= 0.3 is 18.4 Å². The number of likely N-dealkylation sites (tertiary alicyclic amines) is 1. The van der Waals surface area contributed by atoms with E-state index >= 15 is 0 Å². The smallest absolute Gasteiger partial charge is 0.407 e. The molecule has 5 rings (SSSR count). The third-order valence-corrected chi connectivity index (χ3v) is 7.48. The van der Waals surface area contributed by atoms with Crippen LogP contribution in [-0.2, 0) is 10.3 Å². The highest BCUT2D eigenvalue weighted by Crippen LogP contribution is 2.53. The van der Waals surface area contributed by atoms with Gasteiger partial charge in [-0.05, 0) is 48.2 Å². The van der Waals surface area contributed by atoms with Crippen LogP contribution in [0.2, 0.25) is 0 Å². The fourth-order valence-electron chi connectivity index (χ4n) is 5.84. The van der Waals surface area contributed by atoms with Crippen molar-refractivity contribution in [2.24, 2.45) is 11.8 Å². The van der Waals surface area contributed by atoms with Gasteiger partial charge in [-0.1, -0.05) is 12.1 Å². The first-order valence-electron chi connectivity index (χ1n) is 11.8. The molecular weight excluding hydrogens is 540 g/mol. The van der Waals surface area contributed by atoms with E-state index in [2.05, 4.69) is 0 Å². The van der Waals surface area contributed by atoms with E-state index in [-0.39, 0.29) is 24.9 Å². The Morgan fingerprint density at radius 3 is 1.82 bits per heavy atom. The van der Waals surface area contributed by atoms with Gasteiger partial charge in [0, 0.05) is 19.6 Å². The Balaban J connectivity index is 1.66. The number of fused-ring (bicyclic) bond motifs is 2. The van der Waals surface area contributed by atoms with E-state index in [9.17, 15) is 36.2 Å². The first-order chi connectivity index (χ1) is 18.4. The van der Waals surface area contributed by atoms with E-state index in [0.717, 1.165) is 0 Å². The van der Waals surface area contributed by atoms with E-state index in [1.165, 1.54) is 7.11 Å². The minimum absolute atomic E-state index is 0.0687. The second-order valence-corrected chi connectivity index (χ2v) is 9.40. The molecule has 0 saturated carbocycles. The summed E-state index contributed by atoms with van der Waals surface area (Å²) in [7, 11) is 1.29. The number of amides is 1. The summed E-state index contributed by atoms with van der Waals surface area (Å²) < 4.78 is 111. The highest BCUT2D eigenvalue weighted by atomic mass is 19.4. The number of halogens is 6. The van der Waals surface area contributed by atoms with Crippen LogP contribution in [0.3, 0.4) is 0 Å². The first kappa shape index (κ1) is 27.0. The SMILES string of the molecule is COC(c1ccc2c(c1)OCO2)(c1ccc2c(c1)OCO2)C1CCN(C(=O)O)C(C(C(F)(F)F)C(F)(F)F)C1. The lowest BCUT2D eigenvalue weighted by Crippen LogP contribution is -2.59. The Labute approximate surface area is 217 Å². The summed E-state index contributed by atoms with van der Waals surface area (Å²) in [5.74, 6) is -3.48. The van der Waals surface area contributed by atoms with Crippen molar-refractivity contribution in [2.45, 2.75) is 36.8 Å². The Morgan fingerprint density at radius 2 is 1.38 bits per heavy atom. The molecule has 2 atom stereocenters. The molecule has 0 bridgehead atoms. The Hall–Kier alpha value is -3.55. The number of benzene rings is 2. The Morgan fingerprint density at radius 1 is 0.897 bits per heavy atom. The molecule has 3 heterocycles. The minimum atomic E-state index is -5.74. The lowest BCUT2D eigenvalue weighted by molar-refractivity contribution is -0.301. The summed E-state index contributed by atoms with van der Waals surface area (Å²) in [6, 6.07) is 6.97. The number of hydrogen-bond acceptors (Lipinski definition) is 6. The second kappa shape index (κ2) is 9.57. The lowest BCUT2D eigenvalue weighted by Gasteiger charge is -2.49. The largest absolute Gasteiger partial charge is 0.465 e. The molecule has 1 saturated heterocycles. The number of hydrogen-bond donors (Lipinski definition) is 1. The van der Waals surface area contributed by atoms with E-state index in [1.807, 2.05) is 0 Å². The topological polar surface area (TPSA) is 86.7 Å². The van der Waals surface area contributed by atoms with E-state index in [1.54, 1.807) is 36.4 Å². The highest BCUT2D eigenvalue weighted by Gasteiger charge is 2.64. The summed E-state index contributed by atoms with van der Waals surface area (Å²) in [4.78, 5) is 12.1. The lowest BCUT2D eigenvalue weighted by atomic mass is 9.68. The van der Waals surface area contributed by atoms with Gasteiger partial charge in [0.25, 0.3) is 0 Å². The number of piperidine rings is 1. The van der Waals surface area contributed by atoms with Gasteiger partial charge in [-0.15, -0.1) is 0 Å². The molecule has 2 unspecified atom stereocenters. The van der Waals surface area contributed by atoms with Crippen LogP contribution >= 0.6 is 0 Å². The summed E-state index contributed by atoms with van der Waals surface area (Å²) in [5, 5.41) is 9.58. The van der Waals surface area contributed by atoms with Crippen molar-refractivity contribution in [1.82, 2.24) is 4.90 Å². The molecule has 212 valence electrons. The van der Waals surface area contributed by atoms with Crippen LogP contribution in [0.1, 0.15) is 24.0 Å². The maximum atomic E-state index is 13.9. The molecule has 2 aromatic rings. The predicted molar refractivity (Wildman–Crippen MR) is 120 cm³/mol. The van der Waals surface area contributed by atoms with Crippen molar-refractivity contribution in [3.63, 3.8) is 0 Å². The van der Waals surface area contributed by atoms with Crippen molar-refractivity contribution in [1.29, 1.82) is 0 Å². The van der Waals surface area contributed by atoms with Gasteiger partial charge in [0.1, 0.15) is 5.60 Å². The fourth-order valence-corrected chi connectivity index (χ4v) is 5.84. The van der Waals surface area contributed by atoms with Crippen molar-refractivity contribution < 1.29 is 59.9 Å². The molecular formula is C25H23F6NO7. The number of methoxy groups -OCH3 is 1. The van der Waals surface area contributed by atoms with Gasteiger partial charge in [0.15, 0.2) is 28.9 Å². The summed E-state index contributed by atoms with van der Waals surface area (Å²) in [6.07, 6.45) is -14.3. The average molecular weight is 563 g/mol. The quantitative estimate of drug-likeness (QED) is 0.479. The Bertz CT molecular complexity index is 1180. The van der Waals surface area contributed by atoms with Gasteiger partial charge in [0.05, 0.1) is 6.04 Å². The molecule has 1 N–H and O–H groups in total. The maximum Gasteiger partial charge on any atom is 0.407 e. The molecule has 0 spiro atoms. The first-order valence-corrected chi connectivity index (χ1v) is 11.8. The van der Waals surface area contributed by atoms with Crippen molar-refractivity contribution in [3.05, 3.63) is 47.5 Å². The number of carboxylic acid groups (broad SMARTS) is 1. The maximum absolute atomic E-state index is 13.9. The third kappa shape index (κ3) is 4.64. The number of alkyl halides is 6. The van der Waals surface area contributed by atoms with Crippen molar-refractivity contribution in [3.8, 4) is 23.0 Å². The van der Waals surface area contributed by atoms with Gasteiger partial charge in [0.2, 0.25) is 13.6 Å². The predicted octanol–water partition coefficient (Wildman–Crippen LogP) is 5.53. The Kier molecular flexibility index (Phi) is 6.64. The molecule has 14 heteroatoms. The van der Waals surface area contributed by atoms with Gasteiger partial charge in [-0.3, -0.25) is 0 Å². The molecule has 1 amide bonds. The fraction of sp³-hybridized carbons (Fsp3) is 0.480. The molecule has 3 aliphatic rings. The van der Waals surface area contributed by atoms with Crippen LogP contribution < -0.4 is 18.9 Å². The van der Waals surface area contributed by atoms with E-state index in [4.69, 9.17) is 23.7 Å². The normalized spacial score (nSPS) is 21.0. The number of nitrogens with zero attached hydrogens (tertiary/aromatic N) is 1. The summed E-state index contributed by atoms with van der Waals surface area (Å²) >= 11 is 0. The van der Waals surface area contributed by atoms with E-state index in [0.29, 0.717) is 34.1 Å². The number of rotatable bonds is 5. The molecule has 1 fully saturated rings. The molecule has 0 aromatic heterocycles. The van der Waals surface area contributed by atoms with Gasteiger partial charge < -0.3 is 33.7 Å². The monoisotopic (exact) mass is 563 g/mol. The van der Waals surface area contributed by atoms with Crippen LogP contribution in [-0.4, -0.2) is 61.7 Å². The molecule has 2 aromatic carbocycles. The summed E-state index contributed by atoms with van der Waals surface area (Å²) in [6.45, 7) is -0.713. The second-order valence-electron chi connectivity index (χ2n) is 9.40. The highest BCUT2D eigenvalue weighted by molar-refractivity contribution is 5.66. The van der Waals surface area contributed by atoms with Crippen molar-refractivity contribution >= 4 is 6.09 Å². The molecule has 3 aliphatic heterocycles. The summed E-state index contributed by atoms with van der Waals surface area (Å²) in [5.41, 5.74) is -0.876. The molecule has 0 aliphatic carbocycles. The van der Waals surface area contributed by atoms with Crippen LogP contribution in [0.25, 0.3) is 0 Å². The third-order valence-electron chi connectivity index (χ3n) is 7.48. The zero-order chi connectivity index (χ0) is 28.2. The number of carbonyl (C=O) groups is 1.